The minimum absolute atomic E-state index is 0.0490. The first-order valence-corrected chi connectivity index (χ1v) is 5.64. The number of carbonyl (C=O) groups is 1. The van der Waals surface area contributed by atoms with Crippen LogP contribution in [0.3, 0.4) is 0 Å². The van der Waals surface area contributed by atoms with E-state index < -0.39 is 5.60 Å². The number of hydrogen-bond donors (Lipinski definition) is 3. The monoisotopic (exact) mass is 232 g/mol. The molecule has 5 nitrogen and oxygen atoms in total. The molecular formula is C11H24N2O3. The van der Waals surface area contributed by atoms with Gasteiger partial charge in [-0.2, -0.15) is 0 Å². The fourth-order valence-corrected chi connectivity index (χ4v) is 1.27. The summed E-state index contributed by atoms with van der Waals surface area (Å²) in [5, 5.41) is 15.6. The quantitative estimate of drug-likeness (QED) is 0.485. The molecule has 0 aromatic carbocycles. The number of aliphatic hydroxyl groups is 1. The van der Waals surface area contributed by atoms with Gasteiger partial charge in [-0.25, -0.2) is 0 Å². The second kappa shape index (κ2) is 8.50. The van der Waals surface area contributed by atoms with Crippen LogP contribution in [0.15, 0.2) is 0 Å². The Hall–Kier alpha value is -0.650. The van der Waals surface area contributed by atoms with Crippen LogP contribution in [0.4, 0.5) is 0 Å². The van der Waals surface area contributed by atoms with E-state index in [1.165, 1.54) is 0 Å². The molecule has 5 heteroatoms. The molecule has 0 saturated heterocycles. The molecule has 0 aromatic rings. The zero-order valence-electron chi connectivity index (χ0n) is 10.5. The summed E-state index contributed by atoms with van der Waals surface area (Å²) in [6, 6.07) is 0. The molecule has 0 aliphatic carbocycles. The summed E-state index contributed by atoms with van der Waals surface area (Å²) in [6.07, 6.45) is 1.90. The molecule has 0 heterocycles. The summed E-state index contributed by atoms with van der Waals surface area (Å²) in [5.41, 5.74) is -0.747. The fraction of sp³-hybridized carbons (Fsp3) is 0.909. The molecule has 1 unspecified atom stereocenters. The first-order valence-electron chi connectivity index (χ1n) is 5.64. The van der Waals surface area contributed by atoms with Crippen molar-refractivity contribution >= 4 is 5.91 Å². The van der Waals surface area contributed by atoms with Gasteiger partial charge in [0.2, 0.25) is 5.91 Å². The average Bonchev–Trinajstić information content (AvgIpc) is 2.25. The highest BCUT2D eigenvalue weighted by Crippen LogP contribution is 2.07. The maximum Gasteiger partial charge on any atom is 0.219 e. The van der Waals surface area contributed by atoms with E-state index in [4.69, 9.17) is 4.74 Å². The van der Waals surface area contributed by atoms with Crippen LogP contribution in [0.2, 0.25) is 0 Å². The van der Waals surface area contributed by atoms with Gasteiger partial charge in [-0.3, -0.25) is 4.79 Å². The van der Waals surface area contributed by atoms with Gasteiger partial charge in [-0.1, -0.05) is 0 Å². The Morgan fingerprint density at radius 1 is 1.50 bits per heavy atom. The number of carbonyl (C=O) groups excluding carboxylic acids is 1. The number of rotatable bonds is 9. The molecule has 16 heavy (non-hydrogen) atoms. The minimum atomic E-state index is -0.747. The normalized spacial score (nSPS) is 14.5. The van der Waals surface area contributed by atoms with Gasteiger partial charge in [0, 0.05) is 40.2 Å². The van der Waals surface area contributed by atoms with E-state index in [0.717, 1.165) is 13.0 Å². The van der Waals surface area contributed by atoms with E-state index >= 15 is 0 Å². The molecule has 0 aliphatic rings. The van der Waals surface area contributed by atoms with Gasteiger partial charge in [0.05, 0.1) is 5.60 Å². The van der Waals surface area contributed by atoms with Crippen LogP contribution in [0.1, 0.15) is 26.2 Å². The van der Waals surface area contributed by atoms with Crippen LogP contribution in [0.5, 0.6) is 0 Å². The molecule has 1 atom stereocenters. The smallest absolute Gasteiger partial charge is 0.219 e. The molecule has 96 valence electrons. The van der Waals surface area contributed by atoms with E-state index in [0.29, 0.717) is 26.0 Å². The van der Waals surface area contributed by atoms with Crippen LogP contribution in [0.25, 0.3) is 0 Å². The number of hydrogen-bond acceptors (Lipinski definition) is 4. The van der Waals surface area contributed by atoms with Crippen molar-refractivity contribution in [1.29, 1.82) is 0 Å². The molecule has 0 saturated carbocycles. The highest BCUT2D eigenvalue weighted by molar-refractivity contribution is 5.75. The molecule has 0 spiro atoms. The SMILES string of the molecule is CNC(=O)CCCNCC(C)(O)CCOC. The Kier molecular flexibility index (Phi) is 8.15. The lowest BCUT2D eigenvalue weighted by atomic mass is 10.0. The van der Waals surface area contributed by atoms with Gasteiger partial charge in [0.25, 0.3) is 0 Å². The van der Waals surface area contributed by atoms with Crippen LogP contribution in [0, 0.1) is 0 Å². The van der Waals surface area contributed by atoms with Gasteiger partial charge in [0.15, 0.2) is 0 Å². The van der Waals surface area contributed by atoms with Crippen molar-refractivity contribution in [3.63, 3.8) is 0 Å². The lowest BCUT2D eigenvalue weighted by molar-refractivity contribution is -0.120. The zero-order chi connectivity index (χ0) is 12.4. The number of amides is 1. The molecule has 1 amide bonds. The second-order valence-corrected chi connectivity index (χ2v) is 4.19. The van der Waals surface area contributed by atoms with Gasteiger partial charge >= 0.3 is 0 Å². The largest absolute Gasteiger partial charge is 0.389 e. The van der Waals surface area contributed by atoms with Crippen LogP contribution in [-0.2, 0) is 9.53 Å². The third-order valence-corrected chi connectivity index (χ3v) is 2.39. The summed E-state index contributed by atoms with van der Waals surface area (Å²) < 4.78 is 4.91. The third kappa shape index (κ3) is 8.64. The topological polar surface area (TPSA) is 70.6 Å². The lowest BCUT2D eigenvalue weighted by Crippen LogP contribution is -2.39. The number of ether oxygens (including phenoxy) is 1. The number of methoxy groups -OCH3 is 1. The highest BCUT2D eigenvalue weighted by atomic mass is 16.5. The van der Waals surface area contributed by atoms with E-state index in [1.807, 2.05) is 0 Å². The minimum Gasteiger partial charge on any atom is -0.389 e. The molecule has 3 N–H and O–H groups in total. The summed E-state index contributed by atoms with van der Waals surface area (Å²) >= 11 is 0. The fourth-order valence-electron chi connectivity index (χ4n) is 1.27. The predicted molar refractivity (Wildman–Crippen MR) is 63.3 cm³/mol. The Balaban J connectivity index is 3.46. The van der Waals surface area contributed by atoms with Crippen molar-refractivity contribution < 1.29 is 14.6 Å². The summed E-state index contributed by atoms with van der Waals surface area (Å²) in [5.74, 6) is 0.0490. The molecule has 0 rings (SSSR count). The van der Waals surface area contributed by atoms with Gasteiger partial charge in [-0.05, 0) is 19.9 Å². The van der Waals surface area contributed by atoms with Gasteiger partial charge < -0.3 is 20.5 Å². The maximum atomic E-state index is 10.9. The van der Waals surface area contributed by atoms with Crippen molar-refractivity contribution in [2.24, 2.45) is 0 Å². The molecular weight excluding hydrogens is 208 g/mol. The van der Waals surface area contributed by atoms with Crippen molar-refractivity contribution in [3.05, 3.63) is 0 Å². The first kappa shape index (κ1) is 15.3. The van der Waals surface area contributed by atoms with E-state index in [2.05, 4.69) is 10.6 Å². The Bertz CT molecular complexity index is 196. The Morgan fingerprint density at radius 2 is 2.19 bits per heavy atom. The van der Waals surface area contributed by atoms with Crippen molar-refractivity contribution in [2.75, 3.05) is 33.9 Å². The highest BCUT2D eigenvalue weighted by Gasteiger charge is 2.18. The van der Waals surface area contributed by atoms with E-state index in [9.17, 15) is 9.90 Å². The summed E-state index contributed by atoms with van der Waals surface area (Å²) in [4.78, 5) is 10.9. The third-order valence-electron chi connectivity index (χ3n) is 2.39. The molecule has 0 radical (unpaired) electrons. The van der Waals surface area contributed by atoms with Crippen LogP contribution >= 0.6 is 0 Å². The number of nitrogens with one attached hydrogen (secondary N) is 2. The summed E-state index contributed by atoms with van der Waals surface area (Å²) in [6.45, 7) is 3.57. The Labute approximate surface area is 97.6 Å². The molecule has 0 fully saturated rings. The summed E-state index contributed by atoms with van der Waals surface area (Å²) in [7, 11) is 3.25. The Morgan fingerprint density at radius 3 is 2.75 bits per heavy atom. The maximum absolute atomic E-state index is 10.9. The van der Waals surface area contributed by atoms with Crippen LogP contribution < -0.4 is 10.6 Å². The van der Waals surface area contributed by atoms with Gasteiger partial charge in [-0.15, -0.1) is 0 Å². The molecule has 0 aromatic heterocycles. The van der Waals surface area contributed by atoms with Crippen molar-refractivity contribution in [3.8, 4) is 0 Å². The average molecular weight is 232 g/mol. The molecule has 0 aliphatic heterocycles. The first-order chi connectivity index (χ1) is 7.52. The molecule has 0 bridgehead atoms. The predicted octanol–water partition coefficient (Wildman–Crippen LogP) is -0.110. The van der Waals surface area contributed by atoms with Gasteiger partial charge in [0.1, 0.15) is 0 Å². The van der Waals surface area contributed by atoms with E-state index in [-0.39, 0.29) is 5.91 Å². The van der Waals surface area contributed by atoms with Crippen molar-refractivity contribution in [1.82, 2.24) is 10.6 Å². The standard InChI is InChI=1S/C11H24N2O3/c1-11(15,6-8-16-3)9-13-7-4-5-10(14)12-2/h13,15H,4-9H2,1-3H3,(H,12,14). The lowest BCUT2D eigenvalue weighted by Gasteiger charge is -2.23. The van der Waals surface area contributed by atoms with Crippen LogP contribution in [-0.4, -0.2) is 50.5 Å². The second-order valence-electron chi connectivity index (χ2n) is 4.19. The van der Waals surface area contributed by atoms with E-state index in [1.54, 1.807) is 21.1 Å². The van der Waals surface area contributed by atoms with Crippen molar-refractivity contribution in [2.45, 2.75) is 31.8 Å². The zero-order valence-corrected chi connectivity index (χ0v) is 10.5.